The number of nitrogens with zero attached hydrogens (tertiary/aromatic N) is 1. The van der Waals surface area contributed by atoms with E-state index >= 15 is 0 Å². The minimum Gasteiger partial charge on any atom is -0.467 e. The van der Waals surface area contributed by atoms with Crippen LogP contribution >= 0.6 is 0 Å². The van der Waals surface area contributed by atoms with Gasteiger partial charge in [-0.1, -0.05) is 48.5 Å². The molecular weight excluding hydrogens is 420 g/mol. The quantitative estimate of drug-likeness (QED) is 0.206. The number of nitrogens with one attached hydrogen (secondary N) is 1. The van der Waals surface area contributed by atoms with Crippen LogP contribution in [0.15, 0.2) is 65.8 Å². The summed E-state index contributed by atoms with van der Waals surface area (Å²) >= 11 is 0. The third-order valence-corrected chi connectivity index (χ3v) is 5.38. The Kier molecular flexibility index (Phi) is 8.52. The molecule has 0 aliphatic carbocycles. The molecule has 2 aromatic carbocycles. The zero-order valence-corrected chi connectivity index (χ0v) is 18.8. The first kappa shape index (κ1) is 23.9. The Hall–Kier alpha value is -3.74. The molecule has 0 saturated heterocycles. The molecule has 0 saturated carbocycles. The number of rotatable bonds is 11. The molecular formula is C26H28N2O5. The molecule has 33 heavy (non-hydrogen) atoms. The van der Waals surface area contributed by atoms with Crippen LogP contribution in [0, 0.1) is 5.92 Å². The molecule has 0 spiro atoms. The number of fused-ring (bicyclic) bond motifs is 1. The maximum absolute atomic E-state index is 12.9. The first-order chi connectivity index (χ1) is 16.0. The predicted octanol–water partition coefficient (Wildman–Crippen LogP) is 4.17. The SMILES string of the molecule is CCOC(=O)C(CCC=NC(Cc1c[nH]c2ccccc12)C(=O)OC)C(=O)c1ccccc1. The standard InChI is InChI=1S/C26H28N2O5/c1-3-33-25(30)21(24(29)18-10-5-4-6-11-18)13-9-15-27-23(26(31)32-2)16-19-17-28-22-14-8-7-12-20(19)22/h4-8,10-12,14-15,17,21,23,28H,3,9,13,16H2,1-2H3. The molecule has 0 aliphatic rings. The highest BCUT2D eigenvalue weighted by Crippen LogP contribution is 2.21. The van der Waals surface area contributed by atoms with Gasteiger partial charge < -0.3 is 14.5 Å². The van der Waals surface area contributed by atoms with E-state index < -0.39 is 23.9 Å². The third-order valence-electron chi connectivity index (χ3n) is 5.38. The molecule has 2 atom stereocenters. The average Bonchev–Trinajstić information content (AvgIpc) is 3.26. The lowest BCUT2D eigenvalue weighted by Gasteiger charge is -2.14. The highest BCUT2D eigenvalue weighted by atomic mass is 16.5. The minimum absolute atomic E-state index is 0.195. The topological polar surface area (TPSA) is 97.8 Å². The fourth-order valence-electron chi connectivity index (χ4n) is 3.69. The summed E-state index contributed by atoms with van der Waals surface area (Å²) in [5.41, 5.74) is 2.40. The van der Waals surface area contributed by atoms with Crippen molar-refractivity contribution >= 4 is 34.8 Å². The van der Waals surface area contributed by atoms with Gasteiger partial charge in [-0.2, -0.15) is 0 Å². The number of aromatic amines is 1. The zero-order chi connectivity index (χ0) is 23.6. The smallest absolute Gasteiger partial charge is 0.330 e. The van der Waals surface area contributed by atoms with E-state index in [-0.39, 0.29) is 18.8 Å². The van der Waals surface area contributed by atoms with Gasteiger partial charge >= 0.3 is 11.9 Å². The number of ketones is 1. The lowest BCUT2D eigenvalue weighted by Crippen LogP contribution is -2.27. The Morgan fingerprint density at radius 2 is 1.76 bits per heavy atom. The van der Waals surface area contributed by atoms with Crippen LogP contribution in [-0.4, -0.2) is 48.7 Å². The third kappa shape index (κ3) is 6.16. The van der Waals surface area contributed by atoms with Crippen molar-refractivity contribution in [2.45, 2.75) is 32.2 Å². The van der Waals surface area contributed by atoms with Crippen molar-refractivity contribution in [3.05, 3.63) is 71.9 Å². The van der Waals surface area contributed by atoms with Gasteiger partial charge in [0.15, 0.2) is 11.8 Å². The maximum Gasteiger partial charge on any atom is 0.330 e. The Labute approximate surface area is 192 Å². The first-order valence-electron chi connectivity index (χ1n) is 11.0. The molecule has 0 fully saturated rings. The molecule has 0 aliphatic heterocycles. The number of hydrogen-bond acceptors (Lipinski definition) is 6. The molecule has 1 aromatic heterocycles. The molecule has 1 heterocycles. The Balaban J connectivity index is 1.69. The number of benzene rings is 2. The molecule has 172 valence electrons. The second-order valence-electron chi connectivity index (χ2n) is 7.55. The number of esters is 2. The van der Waals surface area contributed by atoms with Gasteiger partial charge in [-0.15, -0.1) is 0 Å². The van der Waals surface area contributed by atoms with E-state index in [9.17, 15) is 14.4 Å². The number of methoxy groups -OCH3 is 1. The summed E-state index contributed by atoms with van der Waals surface area (Å²) in [6.45, 7) is 1.90. The molecule has 0 radical (unpaired) electrons. The van der Waals surface area contributed by atoms with E-state index in [0.29, 0.717) is 18.4 Å². The van der Waals surface area contributed by atoms with E-state index in [0.717, 1.165) is 16.5 Å². The maximum atomic E-state index is 12.9. The number of carbonyl (C=O) groups is 3. The van der Waals surface area contributed by atoms with Gasteiger partial charge in [-0.3, -0.25) is 14.6 Å². The van der Waals surface area contributed by atoms with Crippen LogP contribution in [0.4, 0.5) is 0 Å². The number of Topliss-reactive ketones (excluding diaryl/α,β-unsaturated/α-hetero) is 1. The van der Waals surface area contributed by atoms with Crippen molar-refractivity contribution < 1.29 is 23.9 Å². The van der Waals surface area contributed by atoms with Gasteiger partial charge in [0.25, 0.3) is 0 Å². The van der Waals surface area contributed by atoms with E-state index in [1.54, 1.807) is 37.4 Å². The molecule has 2 unspecified atom stereocenters. The number of aliphatic imine (C=N–C) groups is 1. The van der Waals surface area contributed by atoms with Crippen LogP contribution in [0.25, 0.3) is 10.9 Å². The highest BCUT2D eigenvalue weighted by molar-refractivity contribution is 6.08. The normalized spacial score (nSPS) is 13.0. The number of ether oxygens (including phenoxy) is 2. The number of carbonyl (C=O) groups excluding carboxylic acids is 3. The second-order valence-corrected chi connectivity index (χ2v) is 7.55. The fraction of sp³-hybridized carbons (Fsp3) is 0.308. The summed E-state index contributed by atoms with van der Waals surface area (Å²) in [5, 5.41) is 1.03. The van der Waals surface area contributed by atoms with Crippen LogP contribution in [0.3, 0.4) is 0 Å². The summed E-state index contributed by atoms with van der Waals surface area (Å²) in [6, 6.07) is 15.8. The second kappa shape index (κ2) is 11.8. The van der Waals surface area contributed by atoms with E-state index in [2.05, 4.69) is 9.98 Å². The number of para-hydroxylation sites is 1. The molecule has 7 nitrogen and oxygen atoms in total. The number of hydrogen-bond donors (Lipinski definition) is 1. The largest absolute Gasteiger partial charge is 0.467 e. The lowest BCUT2D eigenvalue weighted by atomic mass is 9.93. The van der Waals surface area contributed by atoms with Gasteiger partial charge in [0, 0.05) is 29.1 Å². The van der Waals surface area contributed by atoms with Gasteiger partial charge in [-0.25, -0.2) is 4.79 Å². The van der Waals surface area contributed by atoms with Crippen LogP contribution in [0.2, 0.25) is 0 Å². The Morgan fingerprint density at radius 1 is 1.03 bits per heavy atom. The Morgan fingerprint density at radius 3 is 2.48 bits per heavy atom. The van der Waals surface area contributed by atoms with Crippen molar-refractivity contribution in [1.29, 1.82) is 0 Å². The average molecular weight is 449 g/mol. The summed E-state index contributed by atoms with van der Waals surface area (Å²) in [4.78, 5) is 45.2. The van der Waals surface area contributed by atoms with Gasteiger partial charge in [0.1, 0.15) is 5.92 Å². The predicted molar refractivity (Wildman–Crippen MR) is 126 cm³/mol. The summed E-state index contributed by atoms with van der Waals surface area (Å²) < 4.78 is 10.0. The van der Waals surface area contributed by atoms with Crippen molar-refractivity contribution in [3.8, 4) is 0 Å². The molecule has 3 rings (SSSR count). The highest BCUT2D eigenvalue weighted by Gasteiger charge is 2.28. The first-order valence-corrected chi connectivity index (χ1v) is 11.0. The number of H-pyrrole nitrogens is 1. The molecule has 0 bridgehead atoms. The fourth-order valence-corrected chi connectivity index (χ4v) is 3.69. The van der Waals surface area contributed by atoms with Crippen molar-refractivity contribution in [3.63, 3.8) is 0 Å². The van der Waals surface area contributed by atoms with Crippen molar-refractivity contribution in [1.82, 2.24) is 4.98 Å². The van der Waals surface area contributed by atoms with Gasteiger partial charge in [0.05, 0.1) is 13.7 Å². The summed E-state index contributed by atoms with van der Waals surface area (Å²) in [5.74, 6) is -2.21. The summed E-state index contributed by atoms with van der Waals surface area (Å²) in [7, 11) is 1.33. The minimum atomic E-state index is -0.927. The molecule has 0 amide bonds. The van der Waals surface area contributed by atoms with Crippen LogP contribution in [-0.2, 0) is 25.5 Å². The number of aromatic nitrogens is 1. The van der Waals surface area contributed by atoms with Crippen LogP contribution in [0.5, 0.6) is 0 Å². The van der Waals surface area contributed by atoms with Gasteiger partial charge in [0.2, 0.25) is 0 Å². The summed E-state index contributed by atoms with van der Waals surface area (Å²) in [6.07, 6.45) is 4.39. The van der Waals surface area contributed by atoms with Crippen LogP contribution < -0.4 is 0 Å². The van der Waals surface area contributed by atoms with E-state index in [4.69, 9.17) is 9.47 Å². The zero-order valence-electron chi connectivity index (χ0n) is 18.8. The molecule has 1 N–H and O–H groups in total. The monoisotopic (exact) mass is 448 g/mol. The van der Waals surface area contributed by atoms with Crippen LogP contribution in [0.1, 0.15) is 35.7 Å². The van der Waals surface area contributed by atoms with Crippen molar-refractivity contribution in [2.75, 3.05) is 13.7 Å². The van der Waals surface area contributed by atoms with E-state index in [1.165, 1.54) is 7.11 Å². The van der Waals surface area contributed by atoms with E-state index in [1.807, 2.05) is 36.5 Å². The lowest BCUT2D eigenvalue weighted by molar-refractivity contribution is -0.146. The van der Waals surface area contributed by atoms with Crippen molar-refractivity contribution in [2.24, 2.45) is 10.9 Å². The van der Waals surface area contributed by atoms with Gasteiger partial charge in [-0.05, 0) is 37.6 Å². The molecule has 7 heteroatoms. The molecule has 3 aromatic rings. The Bertz CT molecular complexity index is 1120.